The Balaban J connectivity index is 1.82. The lowest BCUT2D eigenvalue weighted by molar-refractivity contribution is -0.147. The standard InChI is InChI=1S/C27H26ClF3N2O4/c1-18(34)36-17-37-23-9-6-20(7-10-23)16-33(26(35)24-15-22(28)8-11-25(24)32-2)13-12-19-4-3-5-21(14-19)27(29,30)31/h3-11,14-15,32H,12-13,16-17H2,1-2H3. The number of alkyl halides is 3. The van der Waals surface area contributed by atoms with E-state index in [1.807, 2.05) is 0 Å². The van der Waals surface area contributed by atoms with Gasteiger partial charge in [0.15, 0.2) is 0 Å². The predicted molar refractivity (Wildman–Crippen MR) is 135 cm³/mol. The third kappa shape index (κ3) is 8.15. The van der Waals surface area contributed by atoms with Crippen LogP contribution in [0.5, 0.6) is 5.75 Å². The second kappa shape index (κ2) is 12.5. The van der Waals surface area contributed by atoms with Crippen LogP contribution in [0.2, 0.25) is 5.02 Å². The average molecular weight is 535 g/mol. The Morgan fingerprint density at radius 3 is 2.38 bits per heavy atom. The molecular formula is C27H26ClF3N2O4. The molecule has 1 amide bonds. The predicted octanol–water partition coefficient (Wildman–Crippen LogP) is 6.19. The molecule has 0 saturated heterocycles. The molecule has 0 spiro atoms. The fraction of sp³-hybridized carbons (Fsp3) is 0.259. The summed E-state index contributed by atoms with van der Waals surface area (Å²) >= 11 is 6.14. The molecule has 3 rings (SSSR count). The molecule has 0 atom stereocenters. The number of carbonyl (C=O) groups is 2. The molecule has 0 aliphatic rings. The minimum Gasteiger partial charge on any atom is -0.457 e. The summed E-state index contributed by atoms with van der Waals surface area (Å²) in [7, 11) is 1.68. The number of halogens is 4. The highest BCUT2D eigenvalue weighted by Crippen LogP contribution is 2.30. The lowest BCUT2D eigenvalue weighted by atomic mass is 10.1. The summed E-state index contributed by atoms with van der Waals surface area (Å²) < 4.78 is 49.6. The van der Waals surface area contributed by atoms with Gasteiger partial charge in [0.1, 0.15) is 5.75 Å². The number of nitrogens with one attached hydrogen (secondary N) is 1. The summed E-state index contributed by atoms with van der Waals surface area (Å²) in [6.07, 6.45) is -4.23. The summed E-state index contributed by atoms with van der Waals surface area (Å²) in [6.45, 7) is 1.41. The topological polar surface area (TPSA) is 67.9 Å². The zero-order valence-corrected chi connectivity index (χ0v) is 21.0. The maximum absolute atomic E-state index is 13.6. The highest BCUT2D eigenvalue weighted by atomic mass is 35.5. The molecule has 3 aromatic carbocycles. The number of carbonyl (C=O) groups excluding carboxylic acids is 2. The smallest absolute Gasteiger partial charge is 0.416 e. The van der Waals surface area contributed by atoms with E-state index in [9.17, 15) is 22.8 Å². The zero-order valence-electron chi connectivity index (χ0n) is 20.3. The summed E-state index contributed by atoms with van der Waals surface area (Å²) in [5.74, 6) is -0.318. The monoisotopic (exact) mass is 534 g/mol. The number of rotatable bonds is 10. The van der Waals surface area contributed by atoms with E-state index in [4.69, 9.17) is 21.1 Å². The van der Waals surface area contributed by atoms with Crippen LogP contribution in [0.3, 0.4) is 0 Å². The van der Waals surface area contributed by atoms with E-state index < -0.39 is 17.7 Å². The van der Waals surface area contributed by atoms with Crippen molar-refractivity contribution in [2.24, 2.45) is 0 Å². The van der Waals surface area contributed by atoms with E-state index in [1.165, 1.54) is 13.0 Å². The van der Waals surface area contributed by atoms with E-state index >= 15 is 0 Å². The Morgan fingerprint density at radius 1 is 1.00 bits per heavy atom. The Hall–Kier alpha value is -3.72. The van der Waals surface area contributed by atoms with Crippen LogP contribution in [0.25, 0.3) is 0 Å². The van der Waals surface area contributed by atoms with Crippen molar-refractivity contribution < 1.29 is 32.2 Å². The van der Waals surface area contributed by atoms with Gasteiger partial charge in [-0.1, -0.05) is 41.9 Å². The number of esters is 1. The number of hydrogen-bond acceptors (Lipinski definition) is 5. The third-order valence-corrected chi connectivity index (χ3v) is 5.71. The van der Waals surface area contributed by atoms with E-state index in [1.54, 1.807) is 60.5 Å². The molecular weight excluding hydrogens is 509 g/mol. The second-order valence-electron chi connectivity index (χ2n) is 8.16. The number of ether oxygens (including phenoxy) is 2. The normalized spacial score (nSPS) is 11.1. The van der Waals surface area contributed by atoms with Crippen molar-refractivity contribution in [3.8, 4) is 5.75 Å². The van der Waals surface area contributed by atoms with Crippen LogP contribution in [-0.4, -0.2) is 37.2 Å². The molecule has 0 heterocycles. The van der Waals surface area contributed by atoms with Crippen LogP contribution in [0.4, 0.5) is 18.9 Å². The number of anilines is 1. The first-order chi connectivity index (χ1) is 17.6. The molecule has 1 N–H and O–H groups in total. The van der Waals surface area contributed by atoms with Gasteiger partial charge in [-0.15, -0.1) is 0 Å². The zero-order chi connectivity index (χ0) is 27.0. The lowest BCUT2D eigenvalue weighted by Crippen LogP contribution is -2.33. The molecule has 0 aromatic heterocycles. The van der Waals surface area contributed by atoms with E-state index in [-0.39, 0.29) is 32.2 Å². The van der Waals surface area contributed by atoms with Crippen LogP contribution in [0, 0.1) is 0 Å². The summed E-state index contributed by atoms with van der Waals surface area (Å²) in [6, 6.07) is 16.8. The number of benzene rings is 3. The minimum atomic E-state index is -4.45. The van der Waals surface area contributed by atoms with Gasteiger partial charge in [-0.2, -0.15) is 13.2 Å². The van der Waals surface area contributed by atoms with Gasteiger partial charge in [-0.25, -0.2) is 0 Å². The average Bonchev–Trinajstić information content (AvgIpc) is 2.86. The fourth-order valence-electron chi connectivity index (χ4n) is 3.59. The van der Waals surface area contributed by atoms with Gasteiger partial charge >= 0.3 is 12.1 Å². The third-order valence-electron chi connectivity index (χ3n) is 5.48. The Labute approximate surface area is 217 Å². The van der Waals surface area contributed by atoms with Crippen molar-refractivity contribution in [1.29, 1.82) is 0 Å². The molecule has 196 valence electrons. The Bertz CT molecular complexity index is 1230. The SMILES string of the molecule is CNc1ccc(Cl)cc1C(=O)N(CCc1cccc(C(F)(F)F)c1)Cc1ccc(OCOC(C)=O)cc1. The number of nitrogens with zero attached hydrogens (tertiary/aromatic N) is 1. The van der Waals surface area contributed by atoms with Crippen LogP contribution in [0.15, 0.2) is 66.7 Å². The molecule has 3 aromatic rings. The van der Waals surface area contributed by atoms with Gasteiger partial charge in [0, 0.05) is 37.8 Å². The minimum absolute atomic E-state index is 0.167. The second-order valence-corrected chi connectivity index (χ2v) is 8.59. The number of hydrogen-bond donors (Lipinski definition) is 1. The molecule has 0 aliphatic heterocycles. The van der Waals surface area contributed by atoms with Crippen molar-refractivity contribution in [1.82, 2.24) is 4.90 Å². The number of amides is 1. The molecule has 6 nitrogen and oxygen atoms in total. The molecule has 0 radical (unpaired) electrons. The van der Waals surface area contributed by atoms with Crippen LogP contribution >= 0.6 is 11.6 Å². The van der Waals surface area contributed by atoms with Gasteiger partial charge in [0.25, 0.3) is 5.91 Å². The quantitative estimate of drug-likeness (QED) is 0.248. The van der Waals surface area contributed by atoms with Crippen molar-refractivity contribution in [2.45, 2.75) is 26.1 Å². The highest BCUT2D eigenvalue weighted by Gasteiger charge is 2.30. The van der Waals surface area contributed by atoms with Gasteiger partial charge in [0.2, 0.25) is 6.79 Å². The van der Waals surface area contributed by atoms with Gasteiger partial charge in [0.05, 0.1) is 11.1 Å². The van der Waals surface area contributed by atoms with Gasteiger partial charge in [-0.3, -0.25) is 9.59 Å². The Morgan fingerprint density at radius 2 is 1.73 bits per heavy atom. The van der Waals surface area contributed by atoms with Gasteiger partial charge < -0.3 is 19.7 Å². The Kier molecular flexibility index (Phi) is 9.41. The first-order valence-corrected chi connectivity index (χ1v) is 11.7. The summed E-state index contributed by atoms with van der Waals surface area (Å²) in [4.78, 5) is 26.0. The lowest BCUT2D eigenvalue weighted by Gasteiger charge is -2.25. The summed E-state index contributed by atoms with van der Waals surface area (Å²) in [5.41, 5.74) is 1.42. The molecule has 0 saturated carbocycles. The molecule has 0 aliphatic carbocycles. The van der Waals surface area contributed by atoms with E-state index in [2.05, 4.69) is 5.32 Å². The molecule has 0 fully saturated rings. The van der Waals surface area contributed by atoms with Crippen LogP contribution < -0.4 is 10.1 Å². The maximum atomic E-state index is 13.6. The van der Waals surface area contributed by atoms with E-state index in [0.29, 0.717) is 27.6 Å². The molecule has 0 bridgehead atoms. The van der Waals surface area contributed by atoms with Crippen molar-refractivity contribution in [3.05, 3.63) is 94.0 Å². The fourth-order valence-corrected chi connectivity index (χ4v) is 3.77. The molecule has 0 unspecified atom stereocenters. The van der Waals surface area contributed by atoms with Gasteiger partial charge in [-0.05, 0) is 53.9 Å². The van der Waals surface area contributed by atoms with Crippen molar-refractivity contribution in [2.75, 3.05) is 25.7 Å². The summed E-state index contributed by atoms with van der Waals surface area (Å²) in [5, 5.41) is 3.36. The largest absolute Gasteiger partial charge is 0.457 e. The maximum Gasteiger partial charge on any atom is 0.416 e. The van der Waals surface area contributed by atoms with Crippen molar-refractivity contribution >= 4 is 29.2 Å². The highest BCUT2D eigenvalue weighted by molar-refractivity contribution is 6.31. The first-order valence-electron chi connectivity index (χ1n) is 11.3. The van der Waals surface area contributed by atoms with Crippen LogP contribution in [-0.2, 0) is 28.7 Å². The van der Waals surface area contributed by atoms with Crippen LogP contribution in [0.1, 0.15) is 34.0 Å². The van der Waals surface area contributed by atoms with Crippen molar-refractivity contribution in [3.63, 3.8) is 0 Å². The molecule has 10 heteroatoms. The first kappa shape index (κ1) is 27.9. The molecule has 37 heavy (non-hydrogen) atoms. The van der Waals surface area contributed by atoms with E-state index in [0.717, 1.165) is 17.7 Å².